The molecule has 1 heterocycles. The summed E-state index contributed by atoms with van der Waals surface area (Å²) < 4.78 is 0. The van der Waals surface area contributed by atoms with Gasteiger partial charge in [0.1, 0.15) is 0 Å². The van der Waals surface area contributed by atoms with E-state index in [0.717, 1.165) is 26.2 Å². The fourth-order valence-corrected chi connectivity index (χ4v) is 1.99. The van der Waals surface area contributed by atoms with E-state index in [1.807, 2.05) is 0 Å². The fraction of sp³-hybridized carbons (Fsp3) is 0.917. The topological polar surface area (TPSA) is 61.6 Å². The largest absolute Gasteiger partial charge is 0.353 e. The summed E-state index contributed by atoms with van der Waals surface area (Å²) in [4.78, 5) is 16.2. The molecule has 0 aromatic carbocycles. The molecule has 0 aliphatic carbocycles. The van der Waals surface area contributed by atoms with Gasteiger partial charge in [-0.25, -0.2) is 0 Å². The summed E-state index contributed by atoms with van der Waals surface area (Å²) in [5.74, 6) is -0.0767. The minimum absolute atomic E-state index is 0.00812. The molecular weight excluding hydrogens is 216 g/mol. The van der Waals surface area contributed by atoms with Crippen molar-refractivity contribution in [1.82, 2.24) is 15.1 Å². The predicted molar refractivity (Wildman–Crippen MR) is 69.8 cm³/mol. The molecule has 0 spiro atoms. The standard InChI is InChI=1S/C12H26N4O/c1-10(13)11(17)14-9-12(2,3)16-7-5-15(4)6-8-16/h10H,5-9,13H2,1-4H3,(H,14,17)/t10-/m0/s1. The lowest BCUT2D eigenvalue weighted by Gasteiger charge is -2.43. The van der Waals surface area contributed by atoms with E-state index in [0.29, 0.717) is 6.54 Å². The van der Waals surface area contributed by atoms with Crippen LogP contribution >= 0.6 is 0 Å². The van der Waals surface area contributed by atoms with Crippen molar-refractivity contribution in [2.75, 3.05) is 39.8 Å². The molecule has 0 unspecified atom stereocenters. The summed E-state index contributed by atoms with van der Waals surface area (Å²) in [5.41, 5.74) is 5.52. The van der Waals surface area contributed by atoms with Gasteiger partial charge in [-0.3, -0.25) is 9.69 Å². The Morgan fingerprint density at radius 2 is 1.88 bits per heavy atom. The lowest BCUT2D eigenvalue weighted by Crippen LogP contribution is -2.58. The Morgan fingerprint density at radius 3 is 2.35 bits per heavy atom. The molecule has 1 amide bonds. The highest BCUT2D eigenvalue weighted by Gasteiger charge is 2.29. The van der Waals surface area contributed by atoms with Gasteiger partial charge in [0, 0.05) is 38.3 Å². The number of hydrogen-bond acceptors (Lipinski definition) is 4. The van der Waals surface area contributed by atoms with Gasteiger partial charge in [0.05, 0.1) is 6.04 Å². The van der Waals surface area contributed by atoms with E-state index in [1.54, 1.807) is 6.92 Å². The number of carbonyl (C=O) groups is 1. The second-order valence-electron chi connectivity index (χ2n) is 5.61. The molecule has 1 rings (SSSR count). The maximum Gasteiger partial charge on any atom is 0.236 e. The van der Waals surface area contributed by atoms with E-state index in [4.69, 9.17) is 5.73 Å². The van der Waals surface area contributed by atoms with Crippen LogP contribution in [-0.4, -0.2) is 67.1 Å². The van der Waals surface area contributed by atoms with Crippen LogP contribution in [0.15, 0.2) is 0 Å². The first-order chi connectivity index (χ1) is 7.83. The maximum absolute atomic E-state index is 11.5. The number of nitrogens with two attached hydrogens (primary N) is 1. The smallest absolute Gasteiger partial charge is 0.236 e. The first-order valence-electron chi connectivity index (χ1n) is 6.30. The molecule has 1 atom stereocenters. The van der Waals surface area contributed by atoms with Crippen LogP contribution in [0.4, 0.5) is 0 Å². The minimum atomic E-state index is -0.432. The van der Waals surface area contributed by atoms with Gasteiger partial charge in [-0.1, -0.05) is 0 Å². The molecule has 3 N–H and O–H groups in total. The monoisotopic (exact) mass is 242 g/mol. The molecule has 1 aliphatic heterocycles. The van der Waals surface area contributed by atoms with Crippen molar-refractivity contribution in [2.24, 2.45) is 5.73 Å². The van der Waals surface area contributed by atoms with Gasteiger partial charge < -0.3 is 16.0 Å². The van der Waals surface area contributed by atoms with E-state index in [-0.39, 0.29) is 11.4 Å². The molecule has 5 nitrogen and oxygen atoms in total. The number of amides is 1. The molecule has 0 aromatic rings. The number of rotatable bonds is 4. The fourth-order valence-electron chi connectivity index (χ4n) is 1.99. The third kappa shape index (κ3) is 4.26. The van der Waals surface area contributed by atoms with Crippen LogP contribution in [-0.2, 0) is 4.79 Å². The van der Waals surface area contributed by atoms with Crippen molar-refractivity contribution in [1.29, 1.82) is 0 Å². The SMILES string of the molecule is C[C@H](N)C(=O)NCC(C)(C)N1CCN(C)CC1. The van der Waals surface area contributed by atoms with Crippen LogP contribution in [0.2, 0.25) is 0 Å². The zero-order valence-corrected chi connectivity index (χ0v) is 11.5. The Hall–Kier alpha value is -0.650. The van der Waals surface area contributed by atoms with Crippen molar-refractivity contribution < 1.29 is 4.79 Å². The molecule has 5 heteroatoms. The first kappa shape index (κ1) is 14.4. The van der Waals surface area contributed by atoms with Gasteiger partial charge >= 0.3 is 0 Å². The Morgan fingerprint density at radius 1 is 1.35 bits per heavy atom. The van der Waals surface area contributed by atoms with Crippen LogP contribution in [0.25, 0.3) is 0 Å². The number of nitrogens with zero attached hydrogens (tertiary/aromatic N) is 2. The van der Waals surface area contributed by atoms with Gasteiger partial charge in [0.25, 0.3) is 0 Å². The number of likely N-dealkylation sites (N-methyl/N-ethyl adjacent to an activating group) is 1. The van der Waals surface area contributed by atoms with Crippen LogP contribution in [0.3, 0.4) is 0 Å². The molecule has 0 bridgehead atoms. The van der Waals surface area contributed by atoms with E-state index in [1.165, 1.54) is 0 Å². The molecule has 100 valence electrons. The summed E-state index contributed by atoms with van der Waals surface area (Å²) in [5, 5.41) is 2.91. The highest BCUT2D eigenvalue weighted by molar-refractivity contribution is 5.81. The second-order valence-corrected chi connectivity index (χ2v) is 5.61. The lowest BCUT2D eigenvalue weighted by atomic mass is 10.0. The third-order valence-electron chi connectivity index (χ3n) is 3.47. The Bertz CT molecular complexity index is 257. The maximum atomic E-state index is 11.5. The van der Waals surface area contributed by atoms with E-state index < -0.39 is 6.04 Å². The number of piperazine rings is 1. The lowest BCUT2D eigenvalue weighted by molar-refractivity contribution is -0.122. The van der Waals surface area contributed by atoms with E-state index in [2.05, 4.69) is 36.0 Å². The van der Waals surface area contributed by atoms with Crippen LogP contribution in [0.5, 0.6) is 0 Å². The normalized spacial score (nSPS) is 21.2. The summed E-state index contributed by atoms with van der Waals surface area (Å²) >= 11 is 0. The summed E-state index contributed by atoms with van der Waals surface area (Å²) in [7, 11) is 2.14. The molecule has 0 aromatic heterocycles. The zero-order valence-electron chi connectivity index (χ0n) is 11.5. The van der Waals surface area contributed by atoms with Gasteiger partial charge in [-0.2, -0.15) is 0 Å². The van der Waals surface area contributed by atoms with Gasteiger partial charge in [0.15, 0.2) is 0 Å². The Labute approximate surface area is 104 Å². The van der Waals surface area contributed by atoms with Gasteiger partial charge in [-0.05, 0) is 27.8 Å². The zero-order chi connectivity index (χ0) is 13.1. The molecule has 0 saturated carbocycles. The van der Waals surface area contributed by atoms with Crippen molar-refractivity contribution in [3.8, 4) is 0 Å². The quantitative estimate of drug-likeness (QED) is 0.696. The average molecular weight is 242 g/mol. The number of carbonyl (C=O) groups excluding carboxylic acids is 1. The average Bonchev–Trinajstić information content (AvgIpc) is 2.26. The van der Waals surface area contributed by atoms with Crippen molar-refractivity contribution >= 4 is 5.91 Å². The minimum Gasteiger partial charge on any atom is -0.353 e. The summed E-state index contributed by atoms with van der Waals surface area (Å²) in [6.45, 7) is 11.0. The molecule has 1 saturated heterocycles. The molecule has 0 radical (unpaired) electrons. The highest BCUT2D eigenvalue weighted by atomic mass is 16.2. The summed E-state index contributed by atoms with van der Waals surface area (Å²) in [6, 6.07) is -0.432. The molecule has 17 heavy (non-hydrogen) atoms. The van der Waals surface area contributed by atoms with Gasteiger partial charge in [-0.15, -0.1) is 0 Å². The van der Waals surface area contributed by atoms with Crippen LogP contribution in [0, 0.1) is 0 Å². The molecule has 1 aliphatic rings. The number of hydrogen-bond donors (Lipinski definition) is 2. The van der Waals surface area contributed by atoms with E-state index in [9.17, 15) is 4.79 Å². The summed E-state index contributed by atoms with van der Waals surface area (Å²) in [6.07, 6.45) is 0. The number of nitrogens with one attached hydrogen (secondary N) is 1. The highest BCUT2D eigenvalue weighted by Crippen LogP contribution is 2.15. The Kier molecular flexibility index (Phi) is 4.91. The van der Waals surface area contributed by atoms with Crippen molar-refractivity contribution in [3.05, 3.63) is 0 Å². The Balaban J connectivity index is 2.42. The van der Waals surface area contributed by atoms with Crippen LogP contribution in [0.1, 0.15) is 20.8 Å². The van der Waals surface area contributed by atoms with E-state index >= 15 is 0 Å². The predicted octanol–water partition coefficient (Wildman–Crippen LogP) is -0.524. The third-order valence-corrected chi connectivity index (χ3v) is 3.47. The van der Waals surface area contributed by atoms with Crippen molar-refractivity contribution in [2.45, 2.75) is 32.4 Å². The van der Waals surface area contributed by atoms with Gasteiger partial charge in [0.2, 0.25) is 5.91 Å². The molecular formula is C12H26N4O. The second kappa shape index (κ2) is 5.80. The van der Waals surface area contributed by atoms with Crippen LogP contribution < -0.4 is 11.1 Å². The first-order valence-corrected chi connectivity index (χ1v) is 6.30. The molecule has 1 fully saturated rings. The van der Waals surface area contributed by atoms with Crippen molar-refractivity contribution in [3.63, 3.8) is 0 Å².